The number of oxazole rings is 1. The van der Waals surface area contributed by atoms with Gasteiger partial charge in [-0.1, -0.05) is 12.1 Å². The van der Waals surface area contributed by atoms with Crippen molar-refractivity contribution in [2.45, 2.75) is 18.8 Å². The Hall–Kier alpha value is -3.35. The standard InChI is InChI=1S/C21H20N2O5/c24-16-7-5-15(6-8-16)21(26)27-13-19(25)23-11-9-14(10-12-23)20-22-17-3-1-2-4-18(17)28-20/h1-8,14,24H,9-13H2. The van der Waals surface area contributed by atoms with Gasteiger partial charge in [0, 0.05) is 19.0 Å². The lowest BCUT2D eigenvalue weighted by Gasteiger charge is -2.30. The predicted octanol–water partition coefficient (Wildman–Crippen LogP) is 3.10. The van der Waals surface area contributed by atoms with Crippen molar-refractivity contribution in [3.8, 4) is 5.75 Å². The van der Waals surface area contributed by atoms with Gasteiger partial charge in [0.15, 0.2) is 18.1 Å². The SMILES string of the molecule is O=C(OCC(=O)N1CCC(c2nc3ccccc3o2)CC1)c1ccc(O)cc1. The molecular formula is C21H20N2O5. The van der Waals surface area contributed by atoms with Crippen LogP contribution in [0.1, 0.15) is 35.0 Å². The molecule has 1 amide bonds. The number of nitrogens with zero attached hydrogens (tertiary/aromatic N) is 2. The highest BCUT2D eigenvalue weighted by Crippen LogP contribution is 2.29. The highest BCUT2D eigenvalue weighted by Gasteiger charge is 2.27. The summed E-state index contributed by atoms with van der Waals surface area (Å²) in [6.07, 6.45) is 1.51. The van der Waals surface area contributed by atoms with Crippen LogP contribution in [0.25, 0.3) is 11.1 Å². The van der Waals surface area contributed by atoms with Crippen LogP contribution in [-0.4, -0.2) is 46.6 Å². The van der Waals surface area contributed by atoms with Crippen molar-refractivity contribution in [1.29, 1.82) is 0 Å². The zero-order valence-corrected chi connectivity index (χ0v) is 15.2. The van der Waals surface area contributed by atoms with E-state index in [1.165, 1.54) is 24.3 Å². The monoisotopic (exact) mass is 380 g/mol. The maximum Gasteiger partial charge on any atom is 0.338 e. The summed E-state index contributed by atoms with van der Waals surface area (Å²) in [5.41, 5.74) is 1.91. The summed E-state index contributed by atoms with van der Waals surface area (Å²) in [5, 5.41) is 9.25. The molecule has 1 saturated heterocycles. The second-order valence-corrected chi connectivity index (χ2v) is 6.80. The number of phenolic OH excluding ortho intramolecular Hbond substituents is 1. The number of aromatic nitrogens is 1. The Labute approximate surface area is 161 Å². The molecule has 144 valence electrons. The zero-order chi connectivity index (χ0) is 19.5. The number of ether oxygens (including phenoxy) is 1. The van der Waals surface area contributed by atoms with Crippen LogP contribution in [-0.2, 0) is 9.53 Å². The van der Waals surface area contributed by atoms with Gasteiger partial charge in [-0.2, -0.15) is 0 Å². The smallest absolute Gasteiger partial charge is 0.338 e. The number of hydrogen-bond acceptors (Lipinski definition) is 6. The molecule has 4 rings (SSSR count). The van der Waals surface area contributed by atoms with Crippen molar-refractivity contribution in [2.24, 2.45) is 0 Å². The van der Waals surface area contributed by atoms with Gasteiger partial charge < -0.3 is 19.2 Å². The summed E-state index contributed by atoms with van der Waals surface area (Å²) in [6, 6.07) is 13.4. The number of phenols is 1. The fourth-order valence-corrected chi connectivity index (χ4v) is 3.34. The summed E-state index contributed by atoms with van der Waals surface area (Å²) in [4.78, 5) is 30.6. The van der Waals surface area contributed by atoms with Crippen LogP contribution in [0.4, 0.5) is 0 Å². The Balaban J connectivity index is 1.29. The van der Waals surface area contributed by atoms with Gasteiger partial charge in [-0.3, -0.25) is 4.79 Å². The van der Waals surface area contributed by atoms with E-state index in [1.807, 2.05) is 24.3 Å². The fourth-order valence-electron chi connectivity index (χ4n) is 3.34. The minimum Gasteiger partial charge on any atom is -0.508 e. The van der Waals surface area contributed by atoms with Crippen LogP contribution in [0, 0.1) is 0 Å². The van der Waals surface area contributed by atoms with Gasteiger partial charge in [0.2, 0.25) is 0 Å². The quantitative estimate of drug-likeness (QED) is 0.699. The summed E-state index contributed by atoms with van der Waals surface area (Å²) in [6.45, 7) is 0.839. The fraction of sp³-hybridized carbons (Fsp3) is 0.286. The van der Waals surface area contributed by atoms with E-state index >= 15 is 0 Å². The largest absolute Gasteiger partial charge is 0.508 e. The topological polar surface area (TPSA) is 92.9 Å². The van der Waals surface area contributed by atoms with Crippen molar-refractivity contribution in [3.63, 3.8) is 0 Å². The number of para-hydroxylation sites is 2. The first-order valence-electron chi connectivity index (χ1n) is 9.19. The number of fused-ring (bicyclic) bond motifs is 1. The number of carbonyl (C=O) groups is 2. The number of esters is 1. The molecule has 3 aromatic rings. The third-order valence-corrected chi connectivity index (χ3v) is 4.94. The zero-order valence-electron chi connectivity index (χ0n) is 15.2. The minimum atomic E-state index is -0.588. The highest BCUT2D eigenvalue weighted by atomic mass is 16.5. The molecule has 7 heteroatoms. The maximum absolute atomic E-state index is 12.3. The van der Waals surface area contributed by atoms with Crippen LogP contribution >= 0.6 is 0 Å². The molecule has 0 aliphatic carbocycles. The first-order chi connectivity index (χ1) is 13.6. The van der Waals surface area contributed by atoms with Gasteiger partial charge in [-0.05, 0) is 49.2 Å². The molecular weight excluding hydrogens is 360 g/mol. The van der Waals surface area contributed by atoms with E-state index < -0.39 is 5.97 Å². The number of carbonyl (C=O) groups excluding carboxylic acids is 2. The maximum atomic E-state index is 12.3. The van der Waals surface area contributed by atoms with Gasteiger partial charge >= 0.3 is 5.97 Å². The molecule has 2 aromatic carbocycles. The van der Waals surface area contributed by atoms with Gasteiger partial charge in [0.25, 0.3) is 5.91 Å². The lowest BCUT2D eigenvalue weighted by Crippen LogP contribution is -2.40. The molecule has 1 aliphatic heterocycles. The lowest BCUT2D eigenvalue weighted by atomic mass is 9.97. The van der Waals surface area contributed by atoms with Crippen LogP contribution < -0.4 is 0 Å². The van der Waals surface area contributed by atoms with E-state index in [-0.39, 0.29) is 24.2 Å². The van der Waals surface area contributed by atoms with Crippen molar-refractivity contribution in [1.82, 2.24) is 9.88 Å². The molecule has 0 atom stereocenters. The molecule has 0 bridgehead atoms. The molecule has 2 heterocycles. The van der Waals surface area contributed by atoms with Gasteiger partial charge in [-0.15, -0.1) is 0 Å². The lowest BCUT2D eigenvalue weighted by molar-refractivity contribution is -0.135. The molecule has 1 N–H and O–H groups in total. The molecule has 0 saturated carbocycles. The molecule has 1 aliphatic rings. The molecule has 28 heavy (non-hydrogen) atoms. The van der Waals surface area contributed by atoms with Crippen LogP contribution in [0.5, 0.6) is 5.75 Å². The van der Waals surface area contributed by atoms with Crippen molar-refractivity contribution in [3.05, 3.63) is 60.0 Å². The van der Waals surface area contributed by atoms with Gasteiger partial charge in [-0.25, -0.2) is 9.78 Å². The molecule has 0 spiro atoms. The Morgan fingerprint density at radius 2 is 1.82 bits per heavy atom. The molecule has 0 unspecified atom stereocenters. The van der Waals surface area contributed by atoms with E-state index in [0.717, 1.165) is 23.9 Å². The van der Waals surface area contributed by atoms with Crippen molar-refractivity contribution in [2.75, 3.05) is 19.7 Å². The average molecular weight is 380 g/mol. The number of likely N-dealkylation sites (tertiary alicyclic amines) is 1. The van der Waals surface area contributed by atoms with Crippen molar-refractivity contribution < 1.29 is 23.8 Å². The highest BCUT2D eigenvalue weighted by molar-refractivity contribution is 5.91. The van der Waals surface area contributed by atoms with Gasteiger partial charge in [0.1, 0.15) is 11.3 Å². The number of piperidine rings is 1. The molecule has 7 nitrogen and oxygen atoms in total. The Morgan fingerprint density at radius 3 is 2.54 bits per heavy atom. The third-order valence-electron chi connectivity index (χ3n) is 4.94. The Bertz CT molecular complexity index is 954. The average Bonchev–Trinajstić information content (AvgIpc) is 3.16. The van der Waals surface area contributed by atoms with E-state index in [4.69, 9.17) is 9.15 Å². The van der Waals surface area contributed by atoms with E-state index in [0.29, 0.717) is 24.5 Å². The first kappa shape index (κ1) is 18.0. The predicted molar refractivity (Wildman–Crippen MR) is 101 cm³/mol. The second kappa shape index (κ2) is 7.72. The van der Waals surface area contributed by atoms with Crippen LogP contribution in [0.15, 0.2) is 52.9 Å². The van der Waals surface area contributed by atoms with E-state index in [2.05, 4.69) is 4.98 Å². The number of amides is 1. The number of hydrogen-bond donors (Lipinski definition) is 1. The summed E-state index contributed by atoms with van der Waals surface area (Å²) in [7, 11) is 0. The number of benzene rings is 2. The summed E-state index contributed by atoms with van der Waals surface area (Å²) < 4.78 is 10.9. The molecule has 1 fully saturated rings. The van der Waals surface area contributed by atoms with Crippen LogP contribution in [0.2, 0.25) is 0 Å². The van der Waals surface area contributed by atoms with Crippen LogP contribution in [0.3, 0.4) is 0 Å². The third kappa shape index (κ3) is 3.83. The second-order valence-electron chi connectivity index (χ2n) is 6.80. The molecule has 1 aromatic heterocycles. The summed E-state index contributed by atoms with van der Waals surface area (Å²) in [5.74, 6) is 0.148. The Kier molecular flexibility index (Phi) is 4.97. The Morgan fingerprint density at radius 1 is 1.11 bits per heavy atom. The number of rotatable bonds is 4. The van der Waals surface area contributed by atoms with Crippen molar-refractivity contribution >= 4 is 23.0 Å². The van der Waals surface area contributed by atoms with E-state index in [9.17, 15) is 14.7 Å². The normalized spacial score (nSPS) is 14.9. The molecule has 0 radical (unpaired) electrons. The van der Waals surface area contributed by atoms with E-state index in [1.54, 1.807) is 4.90 Å². The summed E-state index contributed by atoms with van der Waals surface area (Å²) >= 11 is 0. The first-order valence-corrected chi connectivity index (χ1v) is 9.19. The number of aromatic hydroxyl groups is 1. The minimum absolute atomic E-state index is 0.0643. The van der Waals surface area contributed by atoms with Gasteiger partial charge in [0.05, 0.1) is 5.56 Å².